The summed E-state index contributed by atoms with van der Waals surface area (Å²) in [4.78, 5) is 7.19. The lowest BCUT2D eigenvalue weighted by atomic mass is 10.2. The average molecular weight is 193 g/mol. The number of aromatic nitrogens is 1. The monoisotopic (exact) mass is 193 g/mol. The molecule has 1 fully saturated rings. The number of nitrogens with zero attached hydrogens (tertiary/aromatic N) is 3. The van der Waals surface area contributed by atoms with Crippen molar-refractivity contribution in [2.24, 2.45) is 5.92 Å². The number of nitriles is 1. The van der Waals surface area contributed by atoms with E-state index in [0.29, 0.717) is 4.88 Å². The van der Waals surface area contributed by atoms with Crippen LogP contribution in [0, 0.1) is 17.2 Å². The Kier molecular flexibility index (Phi) is 2.19. The Balaban J connectivity index is 2.13. The van der Waals surface area contributed by atoms with E-state index in [1.54, 1.807) is 6.20 Å². The van der Waals surface area contributed by atoms with Gasteiger partial charge in [-0.2, -0.15) is 5.26 Å². The SMILES string of the molecule is C[C@H]1CCN(c2ncc(C#N)s2)C1. The van der Waals surface area contributed by atoms with Crippen molar-refractivity contribution >= 4 is 16.5 Å². The largest absolute Gasteiger partial charge is 0.348 e. The Bertz CT molecular complexity index is 339. The van der Waals surface area contributed by atoms with Crippen LogP contribution in [0.1, 0.15) is 18.2 Å². The third kappa shape index (κ3) is 1.65. The molecule has 0 bridgehead atoms. The zero-order chi connectivity index (χ0) is 9.26. The first-order valence-corrected chi connectivity index (χ1v) is 5.22. The van der Waals surface area contributed by atoms with Crippen LogP contribution in [0.5, 0.6) is 0 Å². The van der Waals surface area contributed by atoms with Gasteiger partial charge in [0.05, 0.1) is 6.20 Å². The van der Waals surface area contributed by atoms with Gasteiger partial charge in [0.15, 0.2) is 5.13 Å². The molecule has 4 heteroatoms. The van der Waals surface area contributed by atoms with Gasteiger partial charge >= 0.3 is 0 Å². The average Bonchev–Trinajstić information content (AvgIpc) is 2.71. The van der Waals surface area contributed by atoms with Crippen molar-refractivity contribution in [1.82, 2.24) is 4.98 Å². The van der Waals surface area contributed by atoms with Crippen LogP contribution in [0.2, 0.25) is 0 Å². The highest BCUT2D eigenvalue weighted by molar-refractivity contribution is 7.16. The summed E-state index contributed by atoms with van der Waals surface area (Å²) in [6.45, 7) is 4.41. The highest BCUT2D eigenvalue weighted by Gasteiger charge is 2.20. The van der Waals surface area contributed by atoms with Gasteiger partial charge in [0.2, 0.25) is 0 Å². The normalized spacial score (nSPS) is 21.8. The molecule has 1 aliphatic heterocycles. The first kappa shape index (κ1) is 8.52. The molecule has 1 aliphatic rings. The second-order valence-electron chi connectivity index (χ2n) is 3.46. The van der Waals surface area contributed by atoms with Crippen LogP contribution < -0.4 is 4.90 Å². The van der Waals surface area contributed by atoms with Gasteiger partial charge in [-0.15, -0.1) is 0 Å². The summed E-state index contributed by atoms with van der Waals surface area (Å²) in [5, 5.41) is 9.65. The van der Waals surface area contributed by atoms with Crippen LogP contribution in [0.4, 0.5) is 5.13 Å². The maximum atomic E-state index is 8.65. The molecule has 1 aromatic heterocycles. The molecule has 0 radical (unpaired) electrons. The predicted molar refractivity (Wildman–Crippen MR) is 52.8 cm³/mol. The highest BCUT2D eigenvalue weighted by Crippen LogP contribution is 2.27. The summed E-state index contributed by atoms with van der Waals surface area (Å²) >= 11 is 1.49. The standard InChI is InChI=1S/C9H11N3S/c1-7-2-3-12(6-7)9-11-5-8(4-10)13-9/h5,7H,2-3,6H2,1H3/t7-/m0/s1. The summed E-state index contributed by atoms with van der Waals surface area (Å²) in [7, 11) is 0. The maximum absolute atomic E-state index is 8.65. The van der Waals surface area contributed by atoms with Gasteiger partial charge in [0, 0.05) is 13.1 Å². The Morgan fingerprint density at radius 2 is 2.62 bits per heavy atom. The summed E-state index contributed by atoms with van der Waals surface area (Å²) in [6, 6.07) is 2.11. The molecule has 0 amide bonds. The first-order valence-electron chi connectivity index (χ1n) is 4.40. The fourth-order valence-electron chi connectivity index (χ4n) is 1.57. The molecule has 3 nitrogen and oxygen atoms in total. The zero-order valence-corrected chi connectivity index (χ0v) is 8.34. The smallest absolute Gasteiger partial charge is 0.186 e. The third-order valence-electron chi connectivity index (χ3n) is 2.30. The highest BCUT2D eigenvalue weighted by atomic mass is 32.1. The quantitative estimate of drug-likeness (QED) is 0.683. The van der Waals surface area contributed by atoms with Crippen LogP contribution in [0.3, 0.4) is 0 Å². The minimum atomic E-state index is 0.703. The number of anilines is 1. The lowest BCUT2D eigenvalue weighted by Gasteiger charge is -2.12. The fourth-order valence-corrected chi connectivity index (χ4v) is 2.32. The van der Waals surface area contributed by atoms with E-state index >= 15 is 0 Å². The molecule has 2 heterocycles. The molecule has 0 aromatic carbocycles. The molecule has 1 aromatic rings. The van der Waals surface area contributed by atoms with Crippen LogP contribution in [0.15, 0.2) is 6.20 Å². The van der Waals surface area contributed by atoms with Crippen molar-refractivity contribution < 1.29 is 0 Å². The second-order valence-corrected chi connectivity index (χ2v) is 4.47. The summed E-state index contributed by atoms with van der Waals surface area (Å²) in [5.74, 6) is 0.759. The topological polar surface area (TPSA) is 39.9 Å². The van der Waals surface area contributed by atoms with E-state index in [1.165, 1.54) is 17.8 Å². The molecule has 0 spiro atoms. The number of rotatable bonds is 1. The van der Waals surface area contributed by atoms with Gasteiger partial charge in [-0.1, -0.05) is 18.3 Å². The van der Waals surface area contributed by atoms with Gasteiger partial charge in [0.1, 0.15) is 10.9 Å². The first-order chi connectivity index (χ1) is 6.29. The van der Waals surface area contributed by atoms with Gasteiger partial charge in [0.25, 0.3) is 0 Å². The molecule has 1 atom stereocenters. The Morgan fingerprint density at radius 1 is 1.77 bits per heavy atom. The Morgan fingerprint density at radius 3 is 3.15 bits per heavy atom. The summed E-state index contributed by atoms with van der Waals surface area (Å²) < 4.78 is 0. The number of hydrogen-bond acceptors (Lipinski definition) is 4. The van der Waals surface area contributed by atoms with Crippen LogP contribution in [0.25, 0.3) is 0 Å². The minimum absolute atomic E-state index is 0.703. The molecular formula is C9H11N3S. The lowest BCUT2D eigenvalue weighted by Crippen LogP contribution is -2.18. The van der Waals surface area contributed by atoms with E-state index in [2.05, 4.69) is 22.9 Å². The van der Waals surface area contributed by atoms with Crippen LogP contribution in [-0.4, -0.2) is 18.1 Å². The fraction of sp³-hybridized carbons (Fsp3) is 0.556. The van der Waals surface area contributed by atoms with Crippen LogP contribution in [-0.2, 0) is 0 Å². The molecule has 2 rings (SSSR count). The van der Waals surface area contributed by atoms with E-state index in [9.17, 15) is 0 Å². The van der Waals surface area contributed by atoms with Crippen molar-refractivity contribution in [2.75, 3.05) is 18.0 Å². The zero-order valence-electron chi connectivity index (χ0n) is 7.53. The molecule has 0 unspecified atom stereocenters. The van der Waals surface area contributed by atoms with Crippen molar-refractivity contribution in [3.05, 3.63) is 11.1 Å². The molecule has 68 valence electrons. The van der Waals surface area contributed by atoms with Crippen molar-refractivity contribution in [3.63, 3.8) is 0 Å². The molecular weight excluding hydrogens is 182 g/mol. The van der Waals surface area contributed by atoms with Gasteiger partial charge in [-0.25, -0.2) is 4.98 Å². The van der Waals surface area contributed by atoms with E-state index < -0.39 is 0 Å². The molecule has 0 aliphatic carbocycles. The number of thiazole rings is 1. The maximum Gasteiger partial charge on any atom is 0.186 e. The molecule has 1 saturated heterocycles. The predicted octanol–water partition coefficient (Wildman–Crippen LogP) is 1.86. The van der Waals surface area contributed by atoms with E-state index in [0.717, 1.165) is 24.1 Å². The second kappa shape index (κ2) is 3.35. The molecule has 13 heavy (non-hydrogen) atoms. The minimum Gasteiger partial charge on any atom is -0.348 e. The molecule has 0 saturated carbocycles. The van der Waals surface area contributed by atoms with Crippen molar-refractivity contribution in [1.29, 1.82) is 5.26 Å². The van der Waals surface area contributed by atoms with Crippen LogP contribution >= 0.6 is 11.3 Å². The number of hydrogen-bond donors (Lipinski definition) is 0. The summed E-state index contributed by atoms with van der Waals surface area (Å²) in [5.41, 5.74) is 0. The lowest BCUT2D eigenvalue weighted by molar-refractivity contribution is 0.659. The third-order valence-corrected chi connectivity index (χ3v) is 3.26. The van der Waals surface area contributed by atoms with Crippen molar-refractivity contribution in [2.45, 2.75) is 13.3 Å². The van der Waals surface area contributed by atoms with Gasteiger partial charge in [-0.05, 0) is 12.3 Å². The van der Waals surface area contributed by atoms with E-state index in [-0.39, 0.29) is 0 Å². The van der Waals surface area contributed by atoms with Crippen molar-refractivity contribution in [3.8, 4) is 6.07 Å². The van der Waals surface area contributed by atoms with Gasteiger partial charge < -0.3 is 4.90 Å². The van der Waals surface area contributed by atoms with E-state index in [1.807, 2.05) is 0 Å². The summed E-state index contributed by atoms with van der Waals surface area (Å²) in [6.07, 6.45) is 2.89. The Labute approximate surface area is 81.6 Å². The van der Waals surface area contributed by atoms with E-state index in [4.69, 9.17) is 5.26 Å². The Hall–Kier alpha value is -1.08. The molecule has 0 N–H and O–H groups in total. The van der Waals surface area contributed by atoms with Gasteiger partial charge in [-0.3, -0.25) is 0 Å².